The van der Waals surface area contributed by atoms with Gasteiger partial charge in [0, 0.05) is 23.0 Å². The van der Waals surface area contributed by atoms with Crippen molar-refractivity contribution in [2.75, 3.05) is 0 Å². The number of rotatable bonds is 7. The maximum atomic E-state index is 12.8. The summed E-state index contributed by atoms with van der Waals surface area (Å²) in [5, 5.41) is 3.51. The number of ether oxygens (including phenoxy) is 1. The third kappa shape index (κ3) is 5.88. The summed E-state index contributed by atoms with van der Waals surface area (Å²) >= 11 is 12.0. The van der Waals surface area contributed by atoms with E-state index < -0.39 is 18.4 Å². The van der Waals surface area contributed by atoms with Crippen molar-refractivity contribution in [3.8, 4) is 11.1 Å². The molecule has 0 saturated carbocycles. The second-order valence-corrected chi connectivity index (χ2v) is 8.39. The minimum atomic E-state index is -5.11. The molecule has 0 saturated heterocycles. The molecule has 0 aliphatic rings. The average Bonchev–Trinajstić information content (AvgIpc) is 3.27. The standard InChI is InChI=1S/C24H18Cl2F3N3O2/c25-18-7-5-17(19(26)11-18)10-22(34-23(33)24(27,28)29)30-12-14-1-3-15(4-2-14)16-6-8-20-21(9-16)32-13-31-20/h1-9,11,13,22,30H,10,12H2,(H,31,32). The number of aromatic amines is 1. The zero-order chi connectivity index (χ0) is 24.3. The van der Waals surface area contributed by atoms with E-state index in [1.54, 1.807) is 18.5 Å². The molecule has 1 heterocycles. The number of nitrogens with zero attached hydrogens (tertiary/aromatic N) is 1. The maximum Gasteiger partial charge on any atom is 0.490 e. The number of hydrogen-bond donors (Lipinski definition) is 2. The van der Waals surface area contributed by atoms with Gasteiger partial charge in [0.15, 0.2) is 6.23 Å². The lowest BCUT2D eigenvalue weighted by Gasteiger charge is -2.21. The lowest BCUT2D eigenvalue weighted by Crippen LogP contribution is -2.39. The number of aromatic nitrogens is 2. The van der Waals surface area contributed by atoms with Gasteiger partial charge in [0.05, 0.1) is 17.4 Å². The normalized spacial score (nSPS) is 12.6. The first-order chi connectivity index (χ1) is 16.2. The first-order valence-electron chi connectivity index (χ1n) is 10.2. The minimum Gasteiger partial charge on any atom is -0.440 e. The molecule has 2 N–H and O–H groups in total. The van der Waals surface area contributed by atoms with Crippen molar-refractivity contribution in [3.05, 3.63) is 88.2 Å². The Morgan fingerprint density at radius 2 is 1.76 bits per heavy atom. The van der Waals surface area contributed by atoms with Crippen LogP contribution in [0.3, 0.4) is 0 Å². The second-order valence-electron chi connectivity index (χ2n) is 7.54. The number of esters is 1. The molecule has 4 rings (SSSR count). The minimum absolute atomic E-state index is 0.0699. The molecule has 1 atom stereocenters. The van der Waals surface area contributed by atoms with E-state index >= 15 is 0 Å². The van der Waals surface area contributed by atoms with Gasteiger partial charge < -0.3 is 9.72 Å². The highest BCUT2D eigenvalue weighted by Gasteiger charge is 2.42. The van der Waals surface area contributed by atoms with E-state index in [9.17, 15) is 18.0 Å². The van der Waals surface area contributed by atoms with Crippen LogP contribution in [0.25, 0.3) is 22.2 Å². The Balaban J connectivity index is 1.46. The molecule has 0 aliphatic heterocycles. The highest BCUT2D eigenvalue weighted by molar-refractivity contribution is 6.35. The van der Waals surface area contributed by atoms with Crippen LogP contribution in [0, 0.1) is 0 Å². The van der Waals surface area contributed by atoms with Gasteiger partial charge in [0.1, 0.15) is 0 Å². The molecule has 0 aliphatic carbocycles. The van der Waals surface area contributed by atoms with Crippen molar-refractivity contribution in [2.45, 2.75) is 25.4 Å². The Morgan fingerprint density at radius 3 is 2.47 bits per heavy atom. The lowest BCUT2D eigenvalue weighted by molar-refractivity contribution is -0.206. The second kappa shape index (κ2) is 10.0. The van der Waals surface area contributed by atoms with Gasteiger partial charge in [-0.3, -0.25) is 5.32 Å². The highest BCUT2D eigenvalue weighted by Crippen LogP contribution is 2.25. The summed E-state index contributed by atoms with van der Waals surface area (Å²) in [6.07, 6.45) is -4.81. The van der Waals surface area contributed by atoms with Gasteiger partial charge >= 0.3 is 12.1 Å². The van der Waals surface area contributed by atoms with E-state index in [1.807, 2.05) is 42.5 Å². The number of halogens is 5. The van der Waals surface area contributed by atoms with Crippen LogP contribution in [0.15, 0.2) is 67.0 Å². The fourth-order valence-electron chi connectivity index (χ4n) is 3.40. The molecular formula is C24H18Cl2F3N3O2. The van der Waals surface area contributed by atoms with E-state index in [0.717, 1.165) is 27.7 Å². The van der Waals surface area contributed by atoms with E-state index in [-0.39, 0.29) is 18.0 Å². The fraction of sp³-hybridized carbons (Fsp3) is 0.167. The van der Waals surface area contributed by atoms with Crippen molar-refractivity contribution in [3.63, 3.8) is 0 Å². The fourth-order valence-corrected chi connectivity index (χ4v) is 3.88. The Hall–Kier alpha value is -3.07. The average molecular weight is 508 g/mol. The van der Waals surface area contributed by atoms with Gasteiger partial charge in [0.25, 0.3) is 0 Å². The van der Waals surface area contributed by atoms with Crippen molar-refractivity contribution < 1.29 is 22.7 Å². The van der Waals surface area contributed by atoms with Gasteiger partial charge in [-0.25, -0.2) is 9.78 Å². The molecule has 10 heteroatoms. The lowest BCUT2D eigenvalue weighted by atomic mass is 10.0. The number of nitrogens with one attached hydrogen (secondary N) is 2. The molecule has 0 spiro atoms. The molecule has 5 nitrogen and oxygen atoms in total. The number of carbonyl (C=O) groups excluding carboxylic acids is 1. The summed E-state index contributed by atoms with van der Waals surface area (Å²) in [7, 11) is 0. The van der Waals surface area contributed by atoms with Crippen LogP contribution in [-0.4, -0.2) is 28.3 Å². The number of alkyl halides is 3. The first kappa shape index (κ1) is 24.1. The predicted molar refractivity (Wildman–Crippen MR) is 124 cm³/mol. The van der Waals surface area contributed by atoms with Gasteiger partial charge in [0.2, 0.25) is 0 Å². The Bertz CT molecular complexity index is 1310. The molecule has 3 aromatic carbocycles. The number of fused-ring (bicyclic) bond motifs is 1. The summed E-state index contributed by atoms with van der Waals surface area (Å²) in [6, 6.07) is 18.0. The number of benzene rings is 3. The number of carbonyl (C=O) groups is 1. The molecule has 1 aromatic heterocycles. The molecule has 0 amide bonds. The van der Waals surface area contributed by atoms with Crippen LogP contribution in [0.2, 0.25) is 10.0 Å². The summed E-state index contributed by atoms with van der Waals surface area (Å²) in [6.45, 7) is 0.166. The summed E-state index contributed by atoms with van der Waals surface area (Å²) in [5.41, 5.74) is 5.00. The zero-order valence-electron chi connectivity index (χ0n) is 17.5. The van der Waals surface area contributed by atoms with Crippen LogP contribution in [-0.2, 0) is 22.5 Å². The van der Waals surface area contributed by atoms with Crippen molar-refractivity contribution in [2.24, 2.45) is 0 Å². The number of hydrogen-bond acceptors (Lipinski definition) is 4. The van der Waals surface area contributed by atoms with E-state index in [4.69, 9.17) is 23.2 Å². The first-order valence-corrected chi connectivity index (χ1v) is 10.9. The van der Waals surface area contributed by atoms with Gasteiger partial charge in [-0.1, -0.05) is 59.6 Å². The van der Waals surface area contributed by atoms with Crippen LogP contribution in [0.4, 0.5) is 13.2 Å². The van der Waals surface area contributed by atoms with Gasteiger partial charge in [-0.05, 0) is 46.5 Å². The smallest absolute Gasteiger partial charge is 0.440 e. The predicted octanol–water partition coefficient (Wildman–Crippen LogP) is 6.30. The molecule has 1 unspecified atom stereocenters. The molecular weight excluding hydrogens is 490 g/mol. The highest BCUT2D eigenvalue weighted by atomic mass is 35.5. The largest absolute Gasteiger partial charge is 0.490 e. The van der Waals surface area contributed by atoms with Crippen LogP contribution in [0.1, 0.15) is 11.1 Å². The molecule has 176 valence electrons. The molecule has 0 bridgehead atoms. The van der Waals surface area contributed by atoms with Crippen LogP contribution >= 0.6 is 23.2 Å². The Labute approximate surface area is 202 Å². The monoisotopic (exact) mass is 507 g/mol. The molecule has 4 aromatic rings. The third-order valence-electron chi connectivity index (χ3n) is 5.14. The van der Waals surface area contributed by atoms with E-state index in [2.05, 4.69) is 20.0 Å². The molecule has 0 fully saturated rings. The molecule has 0 radical (unpaired) electrons. The summed E-state index contributed by atoms with van der Waals surface area (Å²) < 4.78 is 43.0. The Kier molecular flexibility index (Phi) is 7.11. The van der Waals surface area contributed by atoms with Gasteiger partial charge in [-0.15, -0.1) is 0 Å². The van der Waals surface area contributed by atoms with Crippen molar-refractivity contribution in [1.82, 2.24) is 15.3 Å². The molecule has 34 heavy (non-hydrogen) atoms. The number of H-pyrrole nitrogens is 1. The zero-order valence-corrected chi connectivity index (χ0v) is 19.0. The van der Waals surface area contributed by atoms with E-state index in [0.29, 0.717) is 10.6 Å². The topological polar surface area (TPSA) is 67.0 Å². The summed E-state index contributed by atoms with van der Waals surface area (Å²) in [4.78, 5) is 18.7. The van der Waals surface area contributed by atoms with E-state index in [1.165, 1.54) is 6.07 Å². The van der Waals surface area contributed by atoms with Crippen LogP contribution in [0.5, 0.6) is 0 Å². The third-order valence-corrected chi connectivity index (χ3v) is 5.73. The SMILES string of the molecule is O=C(OC(Cc1ccc(Cl)cc1Cl)NCc1ccc(-c2ccc3[nH]cnc3c2)cc1)C(F)(F)F. The van der Waals surface area contributed by atoms with Gasteiger partial charge in [-0.2, -0.15) is 13.2 Å². The van der Waals surface area contributed by atoms with Crippen LogP contribution < -0.4 is 5.32 Å². The van der Waals surface area contributed by atoms with Crippen molar-refractivity contribution in [1.29, 1.82) is 0 Å². The van der Waals surface area contributed by atoms with Crippen molar-refractivity contribution >= 4 is 40.2 Å². The summed E-state index contributed by atoms with van der Waals surface area (Å²) in [5.74, 6) is -2.28. The number of imidazole rings is 1. The maximum absolute atomic E-state index is 12.8. The quantitative estimate of drug-likeness (QED) is 0.227. The Morgan fingerprint density at radius 1 is 1.03 bits per heavy atom.